The van der Waals surface area contributed by atoms with Crippen LogP contribution in [-0.4, -0.2) is 0 Å². The molecule has 0 heterocycles. The van der Waals surface area contributed by atoms with E-state index in [0.29, 0.717) is 17.8 Å². The molecule has 0 spiro atoms. The van der Waals surface area contributed by atoms with Gasteiger partial charge in [0.15, 0.2) is 0 Å². The van der Waals surface area contributed by atoms with Gasteiger partial charge in [0.2, 0.25) is 0 Å². The van der Waals surface area contributed by atoms with E-state index in [1.165, 1.54) is 0 Å². The Hall–Kier alpha value is -3.78. The van der Waals surface area contributed by atoms with E-state index in [9.17, 15) is 0 Å². The molecular formula is C28H26N2. The maximum atomic E-state index is 7.00. The van der Waals surface area contributed by atoms with E-state index >= 15 is 0 Å². The molecule has 0 fully saturated rings. The Labute approximate surface area is 178 Å². The van der Waals surface area contributed by atoms with Crippen molar-refractivity contribution in [3.8, 4) is 0 Å². The van der Waals surface area contributed by atoms with Gasteiger partial charge in [0.25, 0.3) is 0 Å². The number of benzene rings is 4. The third-order valence-electron chi connectivity index (χ3n) is 5.61. The summed E-state index contributed by atoms with van der Waals surface area (Å²) in [4.78, 5) is 0. The molecule has 0 aliphatic carbocycles. The van der Waals surface area contributed by atoms with Crippen molar-refractivity contribution in [2.24, 2.45) is 11.5 Å². The molecule has 0 bridgehead atoms. The van der Waals surface area contributed by atoms with Gasteiger partial charge in [-0.25, -0.2) is 0 Å². The fraction of sp³-hybridized carbons (Fsp3) is 0.0714. The van der Waals surface area contributed by atoms with Crippen molar-refractivity contribution < 1.29 is 0 Å². The van der Waals surface area contributed by atoms with Crippen LogP contribution in [0.15, 0.2) is 133 Å². The molecule has 0 aromatic heterocycles. The molecule has 0 radical (unpaired) electrons. The fourth-order valence-electron chi connectivity index (χ4n) is 4.18. The van der Waals surface area contributed by atoms with Gasteiger partial charge in [-0.2, -0.15) is 0 Å². The highest BCUT2D eigenvalue weighted by Gasteiger charge is 2.40. The Morgan fingerprint density at radius 3 is 1.20 bits per heavy atom. The molecule has 4 aromatic rings. The van der Waals surface area contributed by atoms with Gasteiger partial charge in [-0.3, -0.25) is 0 Å². The molecule has 0 amide bonds. The normalized spacial score (nSPS) is 12.3. The molecule has 148 valence electrons. The Balaban J connectivity index is 2.01. The molecule has 30 heavy (non-hydrogen) atoms. The van der Waals surface area contributed by atoms with Crippen LogP contribution in [0, 0.1) is 0 Å². The van der Waals surface area contributed by atoms with Crippen LogP contribution in [0.5, 0.6) is 0 Å². The minimum atomic E-state index is -0.678. The van der Waals surface area contributed by atoms with Crippen molar-refractivity contribution in [3.05, 3.63) is 155 Å². The van der Waals surface area contributed by atoms with Crippen LogP contribution >= 0.6 is 0 Å². The largest absolute Gasteiger partial charge is 0.400 e. The van der Waals surface area contributed by atoms with Gasteiger partial charge >= 0.3 is 0 Å². The standard InChI is InChI=1S/C28H26N2/c29-26(21-22-13-5-1-6-14-22)27(30)28(23-15-7-2-8-16-23,24-17-9-3-10-18-24)25-19-11-4-12-20-25/h1-20H,21,29-30H2/b27-26+. The Morgan fingerprint density at radius 2 is 0.833 bits per heavy atom. The van der Waals surface area contributed by atoms with E-state index in [4.69, 9.17) is 11.5 Å². The second-order valence-electron chi connectivity index (χ2n) is 7.45. The molecule has 4 N–H and O–H groups in total. The molecular weight excluding hydrogens is 364 g/mol. The monoisotopic (exact) mass is 390 g/mol. The first kappa shape index (κ1) is 19.5. The van der Waals surface area contributed by atoms with Gasteiger partial charge in [0, 0.05) is 17.8 Å². The SMILES string of the molecule is N/C(Cc1ccccc1)=C(/N)C(c1ccccc1)(c1ccccc1)c1ccccc1. The minimum absolute atomic E-state index is 0.598. The van der Waals surface area contributed by atoms with Gasteiger partial charge in [0.05, 0.1) is 5.41 Å². The minimum Gasteiger partial charge on any atom is -0.400 e. The molecule has 0 saturated heterocycles. The van der Waals surface area contributed by atoms with E-state index < -0.39 is 5.41 Å². The van der Waals surface area contributed by atoms with Gasteiger partial charge in [-0.15, -0.1) is 0 Å². The first-order valence-corrected chi connectivity index (χ1v) is 10.2. The van der Waals surface area contributed by atoms with Crippen molar-refractivity contribution in [2.75, 3.05) is 0 Å². The molecule has 0 saturated carbocycles. The van der Waals surface area contributed by atoms with Crippen molar-refractivity contribution in [3.63, 3.8) is 0 Å². The quantitative estimate of drug-likeness (QED) is 0.434. The number of rotatable bonds is 6. The summed E-state index contributed by atoms with van der Waals surface area (Å²) < 4.78 is 0. The summed E-state index contributed by atoms with van der Waals surface area (Å²) in [5.41, 5.74) is 18.8. The van der Waals surface area contributed by atoms with Gasteiger partial charge in [-0.1, -0.05) is 121 Å². The molecule has 2 heteroatoms. The lowest BCUT2D eigenvalue weighted by Gasteiger charge is -2.37. The van der Waals surface area contributed by atoms with Gasteiger partial charge in [-0.05, 0) is 22.3 Å². The third-order valence-corrected chi connectivity index (χ3v) is 5.61. The van der Waals surface area contributed by atoms with Gasteiger partial charge in [0.1, 0.15) is 0 Å². The van der Waals surface area contributed by atoms with E-state index in [1.54, 1.807) is 0 Å². The summed E-state index contributed by atoms with van der Waals surface area (Å²) in [6, 6.07) is 41.4. The third kappa shape index (κ3) is 3.60. The van der Waals surface area contributed by atoms with Crippen LogP contribution in [-0.2, 0) is 11.8 Å². The predicted octanol–water partition coefficient (Wildman–Crippen LogP) is 5.39. The second-order valence-corrected chi connectivity index (χ2v) is 7.45. The van der Waals surface area contributed by atoms with Crippen LogP contribution in [0.4, 0.5) is 0 Å². The zero-order valence-corrected chi connectivity index (χ0v) is 16.9. The molecule has 0 atom stereocenters. The van der Waals surface area contributed by atoms with Crippen molar-refractivity contribution >= 4 is 0 Å². The van der Waals surface area contributed by atoms with Crippen molar-refractivity contribution in [1.29, 1.82) is 0 Å². The first-order chi connectivity index (χ1) is 14.7. The summed E-state index contributed by atoms with van der Waals surface area (Å²) in [5, 5.41) is 0. The van der Waals surface area contributed by atoms with Crippen LogP contribution in [0.2, 0.25) is 0 Å². The number of hydrogen-bond donors (Lipinski definition) is 2. The molecule has 0 unspecified atom stereocenters. The van der Waals surface area contributed by atoms with Crippen LogP contribution in [0.1, 0.15) is 22.3 Å². The Kier molecular flexibility index (Phi) is 5.67. The lowest BCUT2D eigenvalue weighted by molar-refractivity contribution is 0.696. The van der Waals surface area contributed by atoms with Gasteiger partial charge < -0.3 is 11.5 Å². The summed E-state index contributed by atoms with van der Waals surface area (Å²) in [5.74, 6) is 0. The second kappa shape index (κ2) is 8.71. The maximum absolute atomic E-state index is 7.00. The maximum Gasteiger partial charge on any atom is 0.0863 e. The summed E-state index contributed by atoms with van der Waals surface area (Å²) in [6.45, 7) is 0. The summed E-state index contributed by atoms with van der Waals surface area (Å²) in [7, 11) is 0. The van der Waals surface area contributed by atoms with Crippen LogP contribution in [0.25, 0.3) is 0 Å². The van der Waals surface area contributed by atoms with Crippen molar-refractivity contribution in [1.82, 2.24) is 0 Å². The smallest absolute Gasteiger partial charge is 0.0863 e. The Morgan fingerprint density at radius 1 is 0.500 bits per heavy atom. The number of allylic oxidation sites excluding steroid dienone is 2. The average molecular weight is 391 g/mol. The molecule has 2 nitrogen and oxygen atoms in total. The van der Waals surface area contributed by atoms with E-state index in [2.05, 4.69) is 84.9 Å². The highest BCUT2D eigenvalue weighted by Crippen LogP contribution is 2.44. The first-order valence-electron chi connectivity index (χ1n) is 10.2. The van der Waals surface area contributed by atoms with E-state index in [1.807, 2.05) is 36.4 Å². The number of nitrogens with two attached hydrogens (primary N) is 2. The average Bonchev–Trinajstić information content (AvgIpc) is 2.82. The van der Waals surface area contributed by atoms with E-state index in [0.717, 1.165) is 22.3 Å². The molecule has 4 rings (SSSR count). The molecule has 0 aliphatic rings. The highest BCUT2D eigenvalue weighted by atomic mass is 14.7. The lowest BCUT2D eigenvalue weighted by atomic mass is 9.66. The van der Waals surface area contributed by atoms with Crippen LogP contribution < -0.4 is 11.5 Å². The summed E-state index contributed by atoms with van der Waals surface area (Å²) in [6.07, 6.45) is 0.598. The topological polar surface area (TPSA) is 52.0 Å². The zero-order chi connectivity index (χ0) is 20.8. The molecule has 4 aromatic carbocycles. The fourth-order valence-corrected chi connectivity index (χ4v) is 4.18. The van der Waals surface area contributed by atoms with Crippen molar-refractivity contribution in [2.45, 2.75) is 11.8 Å². The van der Waals surface area contributed by atoms with E-state index in [-0.39, 0.29) is 0 Å². The molecule has 0 aliphatic heterocycles. The Bertz CT molecular complexity index is 1010. The zero-order valence-electron chi connectivity index (χ0n) is 16.9. The van der Waals surface area contributed by atoms with Crippen LogP contribution in [0.3, 0.4) is 0 Å². The predicted molar refractivity (Wildman–Crippen MR) is 125 cm³/mol. The summed E-state index contributed by atoms with van der Waals surface area (Å²) >= 11 is 0. The lowest BCUT2D eigenvalue weighted by Crippen LogP contribution is -2.38. The highest BCUT2D eigenvalue weighted by molar-refractivity contribution is 5.58. The number of hydrogen-bond acceptors (Lipinski definition) is 2.